The van der Waals surface area contributed by atoms with Gasteiger partial charge in [-0.2, -0.15) is 0 Å². The summed E-state index contributed by atoms with van der Waals surface area (Å²) in [6, 6.07) is 18.5. The molecular weight excluding hydrogens is 380 g/mol. The average Bonchev–Trinajstić information content (AvgIpc) is 3.22. The minimum atomic E-state index is -0.117. The molecule has 0 radical (unpaired) electrons. The van der Waals surface area contributed by atoms with Crippen LogP contribution in [0.5, 0.6) is 0 Å². The Balaban J connectivity index is 1.38. The summed E-state index contributed by atoms with van der Waals surface area (Å²) in [7, 11) is 2.16. The normalized spacial score (nSPS) is 14.7. The van der Waals surface area contributed by atoms with Crippen LogP contribution in [0.4, 0.5) is 5.69 Å². The van der Waals surface area contributed by atoms with Crippen molar-refractivity contribution in [3.05, 3.63) is 81.8 Å². The van der Waals surface area contributed by atoms with Gasteiger partial charge in [0.25, 0.3) is 5.91 Å². The third-order valence-corrected chi connectivity index (χ3v) is 6.11. The molecule has 1 aliphatic heterocycles. The molecule has 4 rings (SSSR count). The summed E-state index contributed by atoms with van der Waals surface area (Å²) in [5.74, 6) is -0.117. The monoisotopic (exact) mass is 406 g/mol. The summed E-state index contributed by atoms with van der Waals surface area (Å²) < 4.78 is 0. The van der Waals surface area contributed by atoms with Gasteiger partial charge < -0.3 is 15.1 Å². The highest BCUT2D eigenvalue weighted by molar-refractivity contribution is 7.09. The highest BCUT2D eigenvalue weighted by atomic mass is 32.1. The van der Waals surface area contributed by atoms with Crippen molar-refractivity contribution in [1.29, 1.82) is 0 Å². The minimum Gasteiger partial charge on any atom is -0.369 e. The molecule has 0 spiro atoms. The fraction of sp³-hybridized carbons (Fsp3) is 0.304. The van der Waals surface area contributed by atoms with E-state index in [0.29, 0.717) is 12.2 Å². The minimum absolute atomic E-state index is 0.117. The van der Waals surface area contributed by atoms with Gasteiger partial charge >= 0.3 is 0 Å². The molecule has 1 fully saturated rings. The van der Waals surface area contributed by atoms with Gasteiger partial charge in [0.15, 0.2) is 0 Å². The number of nitrogens with one attached hydrogen (secondary N) is 1. The third-order valence-electron chi connectivity index (χ3n) is 5.26. The second-order valence-corrected chi connectivity index (χ2v) is 8.33. The van der Waals surface area contributed by atoms with Crippen LogP contribution in [-0.2, 0) is 13.0 Å². The van der Waals surface area contributed by atoms with Crippen molar-refractivity contribution in [3.8, 4) is 0 Å². The number of piperazine rings is 1. The zero-order valence-electron chi connectivity index (χ0n) is 16.7. The molecule has 1 amide bonds. The molecule has 29 heavy (non-hydrogen) atoms. The summed E-state index contributed by atoms with van der Waals surface area (Å²) in [5.41, 5.74) is 4.06. The first-order valence-corrected chi connectivity index (χ1v) is 10.8. The van der Waals surface area contributed by atoms with Crippen LogP contribution in [0.1, 0.15) is 26.6 Å². The van der Waals surface area contributed by atoms with Crippen LogP contribution in [0.2, 0.25) is 0 Å². The van der Waals surface area contributed by atoms with Crippen molar-refractivity contribution in [2.24, 2.45) is 0 Å². The number of likely N-dealkylation sites (N-methyl/N-ethyl adjacent to an activating group) is 1. The fourth-order valence-corrected chi connectivity index (χ4v) is 4.36. The molecule has 0 saturated carbocycles. The molecule has 3 aromatic rings. The van der Waals surface area contributed by atoms with Gasteiger partial charge in [0.1, 0.15) is 5.69 Å². The Bertz CT molecular complexity index is 948. The molecule has 0 bridgehead atoms. The van der Waals surface area contributed by atoms with Crippen LogP contribution in [0.15, 0.2) is 60.0 Å². The summed E-state index contributed by atoms with van der Waals surface area (Å²) in [6.07, 6.45) is 0.755. The van der Waals surface area contributed by atoms with Crippen molar-refractivity contribution in [2.45, 2.75) is 13.0 Å². The largest absolute Gasteiger partial charge is 0.369 e. The molecule has 1 aliphatic rings. The van der Waals surface area contributed by atoms with E-state index in [9.17, 15) is 4.79 Å². The van der Waals surface area contributed by atoms with Gasteiger partial charge in [-0.15, -0.1) is 11.3 Å². The van der Waals surface area contributed by atoms with E-state index in [1.165, 1.54) is 22.6 Å². The van der Waals surface area contributed by atoms with Crippen molar-refractivity contribution in [2.75, 3.05) is 38.1 Å². The SMILES string of the molecule is CN1CCN(c2ccccc2CNC(=O)c2csc(Cc3ccccc3)n2)CC1. The van der Waals surface area contributed by atoms with E-state index in [2.05, 4.69) is 57.5 Å². The second-order valence-electron chi connectivity index (χ2n) is 7.39. The number of thiazole rings is 1. The van der Waals surface area contributed by atoms with Crippen LogP contribution in [0.3, 0.4) is 0 Å². The van der Waals surface area contributed by atoms with Crippen LogP contribution >= 0.6 is 11.3 Å². The molecule has 2 aromatic carbocycles. The summed E-state index contributed by atoms with van der Waals surface area (Å²) in [5, 5.41) is 5.85. The van der Waals surface area contributed by atoms with Crippen LogP contribution in [0, 0.1) is 0 Å². The van der Waals surface area contributed by atoms with Gasteiger partial charge in [0.2, 0.25) is 0 Å². The average molecular weight is 407 g/mol. The Morgan fingerprint density at radius 2 is 1.76 bits per heavy atom. The molecule has 2 heterocycles. The topological polar surface area (TPSA) is 48.5 Å². The molecular formula is C23H26N4OS. The highest BCUT2D eigenvalue weighted by Gasteiger charge is 2.17. The number of carbonyl (C=O) groups excluding carboxylic acids is 1. The standard InChI is InChI=1S/C23H26N4OS/c1-26-11-13-27(14-12-26)21-10-6-5-9-19(21)16-24-23(28)20-17-29-22(25-20)15-18-7-3-2-4-8-18/h2-10,17H,11-16H2,1H3,(H,24,28). The Kier molecular flexibility index (Phi) is 6.22. The fourth-order valence-electron chi connectivity index (χ4n) is 3.55. The van der Waals surface area contributed by atoms with Gasteiger partial charge in [-0.1, -0.05) is 48.5 Å². The molecule has 0 aliphatic carbocycles. The Hall–Kier alpha value is -2.70. The van der Waals surface area contributed by atoms with Crippen LogP contribution < -0.4 is 10.2 Å². The maximum atomic E-state index is 12.6. The summed E-state index contributed by atoms with van der Waals surface area (Å²) in [6.45, 7) is 4.65. The molecule has 150 valence electrons. The zero-order valence-corrected chi connectivity index (χ0v) is 17.5. The van der Waals surface area contributed by atoms with Crippen molar-refractivity contribution in [3.63, 3.8) is 0 Å². The van der Waals surface area contributed by atoms with E-state index in [0.717, 1.165) is 43.2 Å². The first-order chi connectivity index (χ1) is 14.2. The lowest BCUT2D eigenvalue weighted by atomic mass is 10.1. The number of amides is 1. The van der Waals surface area contributed by atoms with Gasteiger partial charge in [-0.05, 0) is 24.2 Å². The molecule has 6 heteroatoms. The molecule has 0 unspecified atom stereocenters. The number of para-hydroxylation sites is 1. The Morgan fingerprint density at radius 1 is 1.03 bits per heavy atom. The number of hydrogen-bond acceptors (Lipinski definition) is 5. The first-order valence-electron chi connectivity index (χ1n) is 9.97. The summed E-state index contributed by atoms with van der Waals surface area (Å²) in [4.78, 5) is 21.9. The lowest BCUT2D eigenvalue weighted by Gasteiger charge is -2.35. The van der Waals surface area contributed by atoms with Gasteiger partial charge in [0, 0.05) is 50.2 Å². The molecule has 5 nitrogen and oxygen atoms in total. The first kappa shape index (κ1) is 19.6. The van der Waals surface area contributed by atoms with Crippen LogP contribution in [0.25, 0.3) is 0 Å². The number of aromatic nitrogens is 1. The summed E-state index contributed by atoms with van der Waals surface area (Å²) >= 11 is 1.54. The Morgan fingerprint density at radius 3 is 2.55 bits per heavy atom. The quantitative estimate of drug-likeness (QED) is 0.682. The lowest BCUT2D eigenvalue weighted by molar-refractivity contribution is 0.0946. The van der Waals surface area contributed by atoms with E-state index >= 15 is 0 Å². The number of nitrogens with zero attached hydrogens (tertiary/aromatic N) is 3. The van der Waals surface area contributed by atoms with E-state index in [1.54, 1.807) is 0 Å². The smallest absolute Gasteiger partial charge is 0.271 e. The highest BCUT2D eigenvalue weighted by Crippen LogP contribution is 2.22. The molecule has 1 N–H and O–H groups in total. The van der Waals surface area contributed by atoms with Crippen LogP contribution in [-0.4, -0.2) is 49.0 Å². The number of rotatable bonds is 6. The van der Waals surface area contributed by atoms with Gasteiger partial charge in [0.05, 0.1) is 5.01 Å². The van der Waals surface area contributed by atoms with Crippen molar-refractivity contribution >= 4 is 22.9 Å². The molecule has 0 atom stereocenters. The number of carbonyl (C=O) groups is 1. The van der Waals surface area contributed by atoms with E-state index in [1.807, 2.05) is 29.6 Å². The van der Waals surface area contributed by atoms with E-state index < -0.39 is 0 Å². The zero-order chi connectivity index (χ0) is 20.1. The number of benzene rings is 2. The maximum absolute atomic E-state index is 12.6. The predicted octanol–water partition coefficient (Wildman–Crippen LogP) is 3.42. The third kappa shape index (κ3) is 5.02. The van der Waals surface area contributed by atoms with Crippen molar-refractivity contribution < 1.29 is 4.79 Å². The van der Waals surface area contributed by atoms with E-state index in [-0.39, 0.29) is 5.91 Å². The Labute approximate surface area is 176 Å². The lowest BCUT2D eigenvalue weighted by Crippen LogP contribution is -2.45. The van der Waals surface area contributed by atoms with Crippen molar-refractivity contribution in [1.82, 2.24) is 15.2 Å². The maximum Gasteiger partial charge on any atom is 0.271 e. The van der Waals surface area contributed by atoms with Gasteiger partial charge in [-0.3, -0.25) is 4.79 Å². The molecule has 1 saturated heterocycles. The molecule has 1 aromatic heterocycles. The van der Waals surface area contributed by atoms with Gasteiger partial charge in [-0.25, -0.2) is 4.98 Å². The van der Waals surface area contributed by atoms with E-state index in [4.69, 9.17) is 0 Å². The predicted molar refractivity (Wildman–Crippen MR) is 119 cm³/mol. The number of hydrogen-bond donors (Lipinski definition) is 1. The second kappa shape index (κ2) is 9.20. The number of anilines is 1.